The van der Waals surface area contributed by atoms with Crippen LogP contribution in [0, 0.1) is 5.92 Å². The van der Waals surface area contributed by atoms with E-state index in [4.69, 9.17) is 4.74 Å². The lowest BCUT2D eigenvalue weighted by molar-refractivity contribution is 0.342. The minimum Gasteiger partial charge on any atom is -0.497 e. The topological polar surface area (TPSA) is 21.3 Å². The summed E-state index contributed by atoms with van der Waals surface area (Å²) in [5.41, 5.74) is 1.75. The Bertz CT molecular complexity index is 382. The van der Waals surface area contributed by atoms with Crippen molar-refractivity contribution in [3.05, 3.63) is 29.8 Å². The third-order valence-corrected chi connectivity index (χ3v) is 4.36. The fourth-order valence-corrected chi connectivity index (χ4v) is 3.05. The Kier molecular flexibility index (Phi) is 4.28. The quantitative estimate of drug-likeness (QED) is 0.861. The summed E-state index contributed by atoms with van der Waals surface area (Å²) in [4.78, 5) is 0. The third kappa shape index (κ3) is 2.69. The molecule has 0 aromatic heterocycles. The highest BCUT2D eigenvalue weighted by atomic mass is 16.5. The lowest BCUT2D eigenvalue weighted by Crippen LogP contribution is -2.31. The van der Waals surface area contributed by atoms with Gasteiger partial charge in [0.2, 0.25) is 0 Å². The van der Waals surface area contributed by atoms with Crippen molar-refractivity contribution in [3.8, 4) is 5.75 Å². The first-order valence-corrected chi connectivity index (χ1v) is 7.05. The van der Waals surface area contributed by atoms with Crippen molar-refractivity contribution >= 4 is 0 Å². The Hall–Kier alpha value is -1.02. The highest BCUT2D eigenvalue weighted by Gasteiger charge is 2.36. The van der Waals surface area contributed by atoms with E-state index in [9.17, 15) is 0 Å². The molecule has 0 unspecified atom stereocenters. The summed E-state index contributed by atoms with van der Waals surface area (Å²) >= 11 is 0. The summed E-state index contributed by atoms with van der Waals surface area (Å²) in [5.74, 6) is 1.75. The van der Waals surface area contributed by atoms with E-state index in [1.807, 2.05) is 6.07 Å². The fraction of sp³-hybridized carbons (Fsp3) is 0.625. The van der Waals surface area contributed by atoms with Crippen LogP contribution in [-0.2, 0) is 5.41 Å². The maximum Gasteiger partial charge on any atom is 0.119 e. The molecule has 1 aliphatic rings. The second kappa shape index (κ2) is 5.75. The molecule has 1 saturated heterocycles. The van der Waals surface area contributed by atoms with Crippen LogP contribution in [0.4, 0.5) is 0 Å². The number of methoxy groups -OCH3 is 1. The molecule has 100 valence electrons. The largest absolute Gasteiger partial charge is 0.497 e. The SMILES string of the molecule is CC[C@@H](C)C[C@]1(c2cccc(OC)c2)CCNC1. The Balaban J connectivity index is 2.28. The van der Waals surface area contributed by atoms with Crippen molar-refractivity contribution in [2.45, 2.75) is 38.5 Å². The molecule has 0 spiro atoms. The number of rotatable bonds is 5. The molecule has 0 aliphatic carbocycles. The molecule has 2 atom stereocenters. The van der Waals surface area contributed by atoms with Gasteiger partial charge in [-0.25, -0.2) is 0 Å². The van der Waals surface area contributed by atoms with E-state index in [1.165, 1.54) is 24.8 Å². The van der Waals surface area contributed by atoms with Gasteiger partial charge >= 0.3 is 0 Å². The predicted molar refractivity (Wildman–Crippen MR) is 76.2 cm³/mol. The Morgan fingerprint density at radius 2 is 2.28 bits per heavy atom. The molecule has 0 saturated carbocycles. The molecular weight excluding hydrogens is 222 g/mol. The number of ether oxygens (including phenoxy) is 1. The van der Waals surface area contributed by atoms with Gasteiger partial charge in [0.15, 0.2) is 0 Å². The third-order valence-electron chi connectivity index (χ3n) is 4.36. The normalized spacial score (nSPS) is 25.1. The number of hydrogen-bond donors (Lipinski definition) is 1. The number of benzene rings is 1. The van der Waals surface area contributed by atoms with Gasteiger partial charge in [-0.2, -0.15) is 0 Å². The van der Waals surface area contributed by atoms with E-state index in [-0.39, 0.29) is 0 Å². The highest BCUT2D eigenvalue weighted by molar-refractivity contribution is 5.35. The van der Waals surface area contributed by atoms with Crippen molar-refractivity contribution in [2.24, 2.45) is 5.92 Å². The molecule has 1 fully saturated rings. The van der Waals surface area contributed by atoms with Crippen LogP contribution in [0.2, 0.25) is 0 Å². The van der Waals surface area contributed by atoms with Crippen LogP contribution in [0.25, 0.3) is 0 Å². The summed E-state index contributed by atoms with van der Waals surface area (Å²) < 4.78 is 5.37. The lowest BCUT2D eigenvalue weighted by Gasteiger charge is -2.32. The zero-order chi connectivity index (χ0) is 13.0. The first-order valence-electron chi connectivity index (χ1n) is 7.05. The van der Waals surface area contributed by atoms with Crippen LogP contribution in [-0.4, -0.2) is 20.2 Å². The van der Waals surface area contributed by atoms with Gasteiger partial charge in [0.05, 0.1) is 7.11 Å². The molecular formula is C16H25NO. The van der Waals surface area contributed by atoms with Crippen LogP contribution < -0.4 is 10.1 Å². The monoisotopic (exact) mass is 247 g/mol. The van der Waals surface area contributed by atoms with Crippen molar-refractivity contribution in [3.63, 3.8) is 0 Å². The molecule has 2 heteroatoms. The van der Waals surface area contributed by atoms with E-state index < -0.39 is 0 Å². The van der Waals surface area contributed by atoms with Gasteiger partial charge in [0.1, 0.15) is 5.75 Å². The van der Waals surface area contributed by atoms with Crippen LogP contribution in [0.1, 0.15) is 38.7 Å². The Morgan fingerprint density at radius 1 is 1.44 bits per heavy atom. The summed E-state index contributed by atoms with van der Waals surface area (Å²) in [7, 11) is 1.74. The standard InChI is InChI=1S/C16H25NO/c1-4-13(2)11-16(8-9-17-12-16)14-6-5-7-15(10-14)18-3/h5-7,10,13,17H,4,8-9,11-12H2,1-3H3/t13-,16-/m1/s1. The van der Waals surface area contributed by atoms with Crippen molar-refractivity contribution in [1.29, 1.82) is 0 Å². The van der Waals surface area contributed by atoms with Gasteiger partial charge in [0.25, 0.3) is 0 Å². The summed E-state index contributed by atoms with van der Waals surface area (Å²) in [6.45, 7) is 6.88. The van der Waals surface area contributed by atoms with Crippen LogP contribution >= 0.6 is 0 Å². The average Bonchev–Trinajstić information content (AvgIpc) is 2.88. The van der Waals surface area contributed by atoms with Gasteiger partial charge < -0.3 is 10.1 Å². The minimum absolute atomic E-state index is 0.309. The zero-order valence-corrected chi connectivity index (χ0v) is 11.8. The summed E-state index contributed by atoms with van der Waals surface area (Å²) in [6.07, 6.45) is 3.76. The van der Waals surface area contributed by atoms with Gasteiger partial charge in [-0.15, -0.1) is 0 Å². The van der Waals surface area contributed by atoms with E-state index in [0.717, 1.165) is 24.8 Å². The molecule has 1 heterocycles. The average molecular weight is 247 g/mol. The van der Waals surface area contributed by atoms with E-state index in [0.29, 0.717) is 5.41 Å². The van der Waals surface area contributed by atoms with Crippen molar-refractivity contribution < 1.29 is 4.74 Å². The predicted octanol–water partition coefficient (Wildman–Crippen LogP) is 3.36. The van der Waals surface area contributed by atoms with Gasteiger partial charge in [-0.1, -0.05) is 32.4 Å². The van der Waals surface area contributed by atoms with Crippen molar-refractivity contribution in [1.82, 2.24) is 5.32 Å². The van der Waals surface area contributed by atoms with E-state index in [2.05, 4.69) is 37.4 Å². The highest BCUT2D eigenvalue weighted by Crippen LogP contribution is 2.38. The van der Waals surface area contributed by atoms with Crippen LogP contribution in [0.15, 0.2) is 24.3 Å². The van der Waals surface area contributed by atoms with Crippen LogP contribution in [0.3, 0.4) is 0 Å². The molecule has 18 heavy (non-hydrogen) atoms. The maximum atomic E-state index is 5.37. The second-order valence-corrected chi connectivity index (χ2v) is 5.66. The molecule has 0 amide bonds. The molecule has 1 aromatic carbocycles. The minimum atomic E-state index is 0.309. The smallest absolute Gasteiger partial charge is 0.119 e. The Morgan fingerprint density at radius 3 is 2.89 bits per heavy atom. The molecule has 2 rings (SSSR count). The molecule has 0 radical (unpaired) electrons. The van der Waals surface area contributed by atoms with Crippen LogP contribution in [0.5, 0.6) is 5.75 Å². The summed E-state index contributed by atoms with van der Waals surface area (Å²) in [5, 5.41) is 3.54. The van der Waals surface area contributed by atoms with E-state index in [1.54, 1.807) is 7.11 Å². The van der Waals surface area contributed by atoms with E-state index >= 15 is 0 Å². The molecule has 1 N–H and O–H groups in total. The molecule has 0 bridgehead atoms. The summed E-state index contributed by atoms with van der Waals surface area (Å²) in [6, 6.07) is 8.63. The maximum absolute atomic E-state index is 5.37. The van der Waals surface area contributed by atoms with Gasteiger partial charge in [0, 0.05) is 12.0 Å². The fourth-order valence-electron chi connectivity index (χ4n) is 3.05. The number of nitrogens with one attached hydrogen (secondary N) is 1. The second-order valence-electron chi connectivity index (χ2n) is 5.66. The Labute approximate surface area is 111 Å². The zero-order valence-electron chi connectivity index (χ0n) is 11.8. The first kappa shape index (κ1) is 13.4. The lowest BCUT2D eigenvalue weighted by atomic mass is 9.73. The van der Waals surface area contributed by atoms with Crippen molar-refractivity contribution in [2.75, 3.05) is 20.2 Å². The number of hydrogen-bond acceptors (Lipinski definition) is 2. The first-order chi connectivity index (χ1) is 8.70. The molecule has 2 nitrogen and oxygen atoms in total. The van der Waals surface area contributed by atoms with Gasteiger partial charge in [-0.3, -0.25) is 0 Å². The molecule has 1 aromatic rings. The van der Waals surface area contributed by atoms with Gasteiger partial charge in [-0.05, 0) is 43.0 Å². The molecule has 1 aliphatic heterocycles.